The standard InChI is InChI=1S/C15H21NO5S/c1-15(2,3)21-14(17)16-9-12(11-7-5-4-6-8-11)13(10-16)22(18,19)20/h4-8,12-13H,9-10H2,1-3H3,(H,18,19,20). The maximum absolute atomic E-state index is 12.1. The molecule has 2 atom stereocenters. The van der Waals surface area contributed by atoms with Crippen LogP contribution in [0.1, 0.15) is 32.3 Å². The summed E-state index contributed by atoms with van der Waals surface area (Å²) in [5, 5.41) is -1.04. The van der Waals surface area contributed by atoms with E-state index in [9.17, 15) is 17.8 Å². The van der Waals surface area contributed by atoms with Gasteiger partial charge in [0.2, 0.25) is 0 Å². The highest BCUT2D eigenvalue weighted by Crippen LogP contribution is 2.32. The van der Waals surface area contributed by atoms with E-state index in [1.807, 2.05) is 6.07 Å². The van der Waals surface area contributed by atoms with Crippen LogP contribution in [-0.2, 0) is 14.9 Å². The lowest BCUT2D eigenvalue weighted by Gasteiger charge is -2.24. The molecule has 1 saturated heterocycles. The molecule has 2 unspecified atom stereocenters. The molecule has 1 aromatic rings. The number of rotatable bonds is 2. The zero-order chi connectivity index (χ0) is 16.5. The van der Waals surface area contributed by atoms with Crippen molar-refractivity contribution in [3.8, 4) is 0 Å². The van der Waals surface area contributed by atoms with Gasteiger partial charge < -0.3 is 9.64 Å². The summed E-state index contributed by atoms with van der Waals surface area (Å²) in [7, 11) is -4.26. The molecule has 0 aliphatic carbocycles. The van der Waals surface area contributed by atoms with E-state index in [0.29, 0.717) is 0 Å². The van der Waals surface area contributed by atoms with Crippen LogP contribution < -0.4 is 0 Å². The molecular weight excluding hydrogens is 306 g/mol. The normalized spacial score (nSPS) is 22.6. The highest BCUT2D eigenvalue weighted by molar-refractivity contribution is 7.86. The van der Waals surface area contributed by atoms with Gasteiger partial charge in [-0.25, -0.2) is 4.79 Å². The molecule has 0 bridgehead atoms. The minimum absolute atomic E-state index is 0.0761. The minimum Gasteiger partial charge on any atom is -0.444 e. The van der Waals surface area contributed by atoms with Crippen LogP contribution in [0.2, 0.25) is 0 Å². The Bertz CT molecular complexity index is 636. The quantitative estimate of drug-likeness (QED) is 0.843. The van der Waals surface area contributed by atoms with Crippen LogP contribution in [-0.4, -0.2) is 47.9 Å². The number of ether oxygens (including phenoxy) is 1. The molecule has 0 aromatic heterocycles. The third kappa shape index (κ3) is 3.98. The lowest BCUT2D eigenvalue weighted by molar-refractivity contribution is 0.0293. The fraction of sp³-hybridized carbons (Fsp3) is 0.533. The number of hydrogen-bond donors (Lipinski definition) is 1. The molecule has 1 heterocycles. The molecule has 1 fully saturated rings. The molecule has 6 nitrogen and oxygen atoms in total. The van der Waals surface area contributed by atoms with Crippen molar-refractivity contribution in [3.63, 3.8) is 0 Å². The van der Waals surface area contributed by atoms with Gasteiger partial charge in [-0.2, -0.15) is 8.42 Å². The Morgan fingerprint density at radius 3 is 2.32 bits per heavy atom. The Balaban J connectivity index is 2.24. The van der Waals surface area contributed by atoms with E-state index >= 15 is 0 Å². The maximum atomic E-state index is 12.1. The monoisotopic (exact) mass is 327 g/mol. The second-order valence-electron chi connectivity index (χ2n) is 6.46. The van der Waals surface area contributed by atoms with Crippen LogP contribution in [0.3, 0.4) is 0 Å². The van der Waals surface area contributed by atoms with E-state index in [1.165, 1.54) is 4.90 Å². The van der Waals surface area contributed by atoms with Gasteiger partial charge in [-0.3, -0.25) is 4.55 Å². The first-order chi connectivity index (χ1) is 10.1. The molecule has 1 aromatic carbocycles. The Morgan fingerprint density at radius 1 is 1.23 bits per heavy atom. The molecule has 1 aliphatic rings. The SMILES string of the molecule is CC(C)(C)OC(=O)N1CC(c2ccccc2)C(S(=O)(=O)O)C1. The van der Waals surface area contributed by atoms with Crippen LogP contribution in [0, 0.1) is 0 Å². The average Bonchev–Trinajstić information content (AvgIpc) is 2.82. The third-order valence-electron chi connectivity index (χ3n) is 3.53. The highest BCUT2D eigenvalue weighted by Gasteiger charge is 2.44. The number of amides is 1. The summed E-state index contributed by atoms with van der Waals surface area (Å²) in [5.41, 5.74) is 0.117. The first-order valence-electron chi connectivity index (χ1n) is 7.07. The molecule has 7 heteroatoms. The van der Waals surface area contributed by atoms with Gasteiger partial charge in [0, 0.05) is 19.0 Å². The Kier molecular flexibility index (Phi) is 4.49. The van der Waals surface area contributed by atoms with Crippen molar-refractivity contribution in [3.05, 3.63) is 35.9 Å². The molecular formula is C15H21NO5S. The summed E-state index contributed by atoms with van der Waals surface area (Å²) >= 11 is 0. The number of carbonyl (C=O) groups is 1. The van der Waals surface area contributed by atoms with E-state index < -0.39 is 33.0 Å². The van der Waals surface area contributed by atoms with Gasteiger partial charge in [0.15, 0.2) is 0 Å². The van der Waals surface area contributed by atoms with Crippen molar-refractivity contribution in [1.29, 1.82) is 0 Å². The molecule has 0 spiro atoms. The van der Waals surface area contributed by atoms with Gasteiger partial charge in [0.05, 0.1) is 0 Å². The fourth-order valence-electron chi connectivity index (χ4n) is 2.57. The van der Waals surface area contributed by atoms with Crippen molar-refractivity contribution < 1.29 is 22.5 Å². The summed E-state index contributed by atoms with van der Waals surface area (Å²) in [5.74, 6) is -0.469. The Labute approximate surface area is 130 Å². The molecule has 0 saturated carbocycles. The number of likely N-dealkylation sites (tertiary alicyclic amines) is 1. The molecule has 1 amide bonds. The van der Waals surface area contributed by atoms with Crippen molar-refractivity contribution in [2.45, 2.75) is 37.5 Å². The topological polar surface area (TPSA) is 83.9 Å². The highest BCUT2D eigenvalue weighted by atomic mass is 32.2. The minimum atomic E-state index is -4.26. The smallest absolute Gasteiger partial charge is 0.410 e. The first kappa shape index (κ1) is 16.8. The van der Waals surface area contributed by atoms with Crippen LogP contribution in [0.4, 0.5) is 4.79 Å². The average molecular weight is 327 g/mol. The molecule has 2 rings (SSSR count). The maximum Gasteiger partial charge on any atom is 0.410 e. The van der Waals surface area contributed by atoms with Crippen LogP contribution >= 0.6 is 0 Å². The molecule has 1 N–H and O–H groups in total. The number of benzene rings is 1. The summed E-state index contributed by atoms with van der Waals surface area (Å²) in [6.45, 7) is 5.36. The van der Waals surface area contributed by atoms with Crippen LogP contribution in [0.5, 0.6) is 0 Å². The van der Waals surface area contributed by atoms with Crippen molar-refractivity contribution in [2.75, 3.05) is 13.1 Å². The number of carbonyl (C=O) groups excluding carboxylic acids is 1. The third-order valence-corrected chi connectivity index (χ3v) is 4.77. The predicted molar refractivity (Wildman–Crippen MR) is 82.3 cm³/mol. The molecule has 122 valence electrons. The van der Waals surface area contributed by atoms with Crippen LogP contribution in [0.15, 0.2) is 30.3 Å². The van der Waals surface area contributed by atoms with Crippen molar-refractivity contribution in [2.24, 2.45) is 0 Å². The van der Waals surface area contributed by atoms with Gasteiger partial charge >= 0.3 is 6.09 Å². The van der Waals surface area contributed by atoms with Gasteiger partial charge in [-0.05, 0) is 26.3 Å². The van der Waals surface area contributed by atoms with Crippen molar-refractivity contribution in [1.82, 2.24) is 4.90 Å². The predicted octanol–water partition coefficient (Wildman–Crippen LogP) is 2.28. The molecule has 0 radical (unpaired) electrons. The van der Waals surface area contributed by atoms with Gasteiger partial charge in [0.1, 0.15) is 10.9 Å². The van der Waals surface area contributed by atoms with E-state index in [4.69, 9.17) is 4.74 Å². The summed E-state index contributed by atoms with van der Waals surface area (Å²) in [6, 6.07) is 9.01. The van der Waals surface area contributed by atoms with E-state index in [1.54, 1.807) is 45.0 Å². The van der Waals surface area contributed by atoms with Crippen molar-refractivity contribution >= 4 is 16.2 Å². The second kappa shape index (κ2) is 5.89. The van der Waals surface area contributed by atoms with E-state index in [-0.39, 0.29) is 13.1 Å². The van der Waals surface area contributed by atoms with Gasteiger partial charge in [-0.15, -0.1) is 0 Å². The zero-order valence-electron chi connectivity index (χ0n) is 12.9. The van der Waals surface area contributed by atoms with Crippen LogP contribution in [0.25, 0.3) is 0 Å². The lowest BCUT2D eigenvalue weighted by atomic mass is 9.98. The molecule has 22 heavy (non-hydrogen) atoms. The fourth-order valence-corrected chi connectivity index (χ4v) is 3.60. The van der Waals surface area contributed by atoms with E-state index in [0.717, 1.165) is 5.56 Å². The summed E-state index contributed by atoms with van der Waals surface area (Å²) in [4.78, 5) is 13.5. The molecule has 1 aliphatic heterocycles. The largest absolute Gasteiger partial charge is 0.444 e. The summed E-state index contributed by atoms with van der Waals surface area (Å²) < 4.78 is 38.0. The first-order valence-corrected chi connectivity index (χ1v) is 8.57. The zero-order valence-corrected chi connectivity index (χ0v) is 13.7. The Morgan fingerprint density at radius 2 is 1.82 bits per heavy atom. The number of hydrogen-bond acceptors (Lipinski definition) is 4. The van der Waals surface area contributed by atoms with Gasteiger partial charge in [0.25, 0.3) is 10.1 Å². The van der Waals surface area contributed by atoms with E-state index in [2.05, 4.69) is 0 Å². The number of nitrogens with zero attached hydrogens (tertiary/aromatic N) is 1. The second-order valence-corrected chi connectivity index (χ2v) is 8.09. The Hall–Kier alpha value is -1.60. The van der Waals surface area contributed by atoms with Gasteiger partial charge in [-0.1, -0.05) is 30.3 Å². The lowest BCUT2D eigenvalue weighted by Crippen LogP contribution is -2.36. The summed E-state index contributed by atoms with van der Waals surface area (Å²) in [6.07, 6.45) is -0.570.